The molecule has 7 nitrogen and oxygen atoms in total. The Bertz CT molecular complexity index is 1220. The predicted octanol–water partition coefficient (Wildman–Crippen LogP) is 3.65. The van der Waals surface area contributed by atoms with Crippen molar-refractivity contribution in [3.63, 3.8) is 0 Å². The minimum atomic E-state index is -0.366. The van der Waals surface area contributed by atoms with Crippen LogP contribution in [0, 0.1) is 5.92 Å². The van der Waals surface area contributed by atoms with Gasteiger partial charge >= 0.3 is 0 Å². The fraction of sp³-hybridized carbons (Fsp3) is 0.381. The first-order chi connectivity index (χ1) is 14.5. The van der Waals surface area contributed by atoms with E-state index in [1.165, 1.54) is 15.8 Å². The summed E-state index contributed by atoms with van der Waals surface area (Å²) in [6, 6.07) is 3.25. The van der Waals surface area contributed by atoms with E-state index in [-0.39, 0.29) is 18.0 Å². The third kappa shape index (κ3) is 3.44. The van der Waals surface area contributed by atoms with Gasteiger partial charge in [-0.05, 0) is 30.7 Å². The number of aryl methyl sites for hydroxylation is 1. The largest absolute Gasteiger partial charge is 0.486 e. The number of carbonyl (C=O) groups excluding carboxylic acids is 1. The first-order valence-corrected chi connectivity index (χ1v) is 11.1. The molecule has 1 aromatic carbocycles. The minimum Gasteiger partial charge on any atom is -0.486 e. The second kappa shape index (κ2) is 7.59. The van der Waals surface area contributed by atoms with Crippen LogP contribution in [-0.2, 0) is 24.2 Å². The van der Waals surface area contributed by atoms with E-state index >= 15 is 0 Å². The van der Waals surface area contributed by atoms with Crippen LogP contribution in [0.25, 0.3) is 10.2 Å². The maximum absolute atomic E-state index is 13.1. The van der Waals surface area contributed by atoms with Crippen LogP contribution in [0.3, 0.4) is 0 Å². The van der Waals surface area contributed by atoms with Crippen LogP contribution in [0.4, 0.5) is 5.69 Å². The number of thiophene rings is 1. The van der Waals surface area contributed by atoms with Crippen LogP contribution in [0.1, 0.15) is 23.8 Å². The molecule has 156 valence electrons. The van der Waals surface area contributed by atoms with Crippen molar-refractivity contribution < 1.29 is 14.3 Å². The van der Waals surface area contributed by atoms with Crippen LogP contribution in [0.2, 0.25) is 5.02 Å². The van der Waals surface area contributed by atoms with Crippen LogP contribution in [0.15, 0.2) is 23.3 Å². The second-order valence-corrected chi connectivity index (χ2v) is 9.22. The molecule has 2 aromatic heterocycles. The zero-order chi connectivity index (χ0) is 20.8. The quantitative estimate of drug-likeness (QED) is 0.665. The van der Waals surface area contributed by atoms with Gasteiger partial charge in [-0.2, -0.15) is 0 Å². The summed E-state index contributed by atoms with van der Waals surface area (Å²) >= 11 is 7.86. The first kappa shape index (κ1) is 19.4. The van der Waals surface area contributed by atoms with Gasteiger partial charge in [0.25, 0.3) is 5.56 Å². The summed E-state index contributed by atoms with van der Waals surface area (Å²) < 4.78 is 12.4. The molecule has 1 aliphatic carbocycles. The number of benzene rings is 1. The first-order valence-electron chi connectivity index (χ1n) is 9.88. The Hall–Kier alpha value is -2.58. The summed E-state index contributed by atoms with van der Waals surface area (Å²) in [7, 11) is 0. The number of amides is 1. The van der Waals surface area contributed by atoms with E-state index in [9.17, 15) is 9.59 Å². The monoisotopic (exact) mass is 445 g/mol. The van der Waals surface area contributed by atoms with Crippen LogP contribution in [-0.4, -0.2) is 28.7 Å². The number of fused-ring (bicyclic) bond motifs is 4. The van der Waals surface area contributed by atoms with Crippen molar-refractivity contribution in [3.05, 3.63) is 44.3 Å². The topological polar surface area (TPSA) is 82.5 Å². The maximum atomic E-state index is 13.1. The van der Waals surface area contributed by atoms with Gasteiger partial charge in [-0.25, -0.2) is 4.98 Å². The Labute approximate surface area is 181 Å². The lowest BCUT2D eigenvalue weighted by molar-refractivity contribution is -0.116. The SMILES string of the molecule is CC1CCc2c(sc3ncn(CC(=O)Nc4cc5c(cc4Cl)OCCO5)c(=O)c23)C1. The zero-order valence-electron chi connectivity index (χ0n) is 16.4. The predicted molar refractivity (Wildman–Crippen MR) is 116 cm³/mol. The fourth-order valence-corrected chi connectivity index (χ4v) is 5.52. The van der Waals surface area contributed by atoms with Crippen molar-refractivity contribution >= 4 is 44.7 Å². The summed E-state index contributed by atoms with van der Waals surface area (Å²) in [4.78, 5) is 32.2. The summed E-state index contributed by atoms with van der Waals surface area (Å²) in [6.07, 6.45) is 4.38. The molecule has 1 N–H and O–H groups in total. The van der Waals surface area contributed by atoms with Crippen molar-refractivity contribution in [2.45, 2.75) is 32.7 Å². The van der Waals surface area contributed by atoms with Crippen molar-refractivity contribution in [2.75, 3.05) is 18.5 Å². The third-order valence-electron chi connectivity index (χ3n) is 5.50. The highest BCUT2D eigenvalue weighted by Gasteiger charge is 2.23. The lowest BCUT2D eigenvalue weighted by Gasteiger charge is -2.20. The van der Waals surface area contributed by atoms with Crippen LogP contribution >= 0.6 is 22.9 Å². The molecule has 1 amide bonds. The average Bonchev–Trinajstić information content (AvgIpc) is 3.09. The van der Waals surface area contributed by atoms with Gasteiger partial charge in [0.2, 0.25) is 5.91 Å². The standard InChI is InChI=1S/C21H20ClN3O4S/c1-11-2-3-12-17(6-11)30-20-19(12)21(27)25(10-23-20)9-18(26)24-14-8-16-15(7-13(14)22)28-4-5-29-16/h7-8,10-11H,2-6,9H2,1H3,(H,24,26). The lowest BCUT2D eigenvalue weighted by atomic mass is 9.89. The molecule has 0 fully saturated rings. The molecular weight excluding hydrogens is 426 g/mol. The van der Waals surface area contributed by atoms with Gasteiger partial charge in [0.15, 0.2) is 11.5 Å². The van der Waals surface area contributed by atoms with Gasteiger partial charge in [-0.15, -0.1) is 11.3 Å². The molecule has 1 unspecified atom stereocenters. The highest BCUT2D eigenvalue weighted by atomic mass is 35.5. The number of ether oxygens (including phenoxy) is 2. The van der Waals surface area contributed by atoms with Gasteiger partial charge in [-0.1, -0.05) is 18.5 Å². The number of rotatable bonds is 3. The van der Waals surface area contributed by atoms with Gasteiger partial charge in [0.1, 0.15) is 24.6 Å². The minimum absolute atomic E-state index is 0.145. The number of halogens is 1. The maximum Gasteiger partial charge on any atom is 0.262 e. The van der Waals surface area contributed by atoms with Crippen LogP contribution in [0.5, 0.6) is 11.5 Å². The summed E-state index contributed by atoms with van der Waals surface area (Å²) in [5, 5.41) is 3.76. The smallest absolute Gasteiger partial charge is 0.262 e. The number of nitrogens with one attached hydrogen (secondary N) is 1. The Morgan fingerprint density at radius 2 is 2.10 bits per heavy atom. The number of anilines is 1. The zero-order valence-corrected chi connectivity index (χ0v) is 17.9. The van der Waals surface area contributed by atoms with Gasteiger partial charge in [-0.3, -0.25) is 14.2 Å². The fourth-order valence-electron chi connectivity index (χ4n) is 3.98. The van der Waals surface area contributed by atoms with Gasteiger partial charge < -0.3 is 14.8 Å². The Morgan fingerprint density at radius 1 is 1.33 bits per heavy atom. The van der Waals surface area contributed by atoms with E-state index in [2.05, 4.69) is 17.2 Å². The molecule has 0 radical (unpaired) electrons. The lowest BCUT2D eigenvalue weighted by Crippen LogP contribution is -2.28. The molecule has 3 heterocycles. The number of aromatic nitrogens is 2. The number of carbonyl (C=O) groups is 1. The van der Waals surface area contributed by atoms with E-state index < -0.39 is 0 Å². The number of hydrogen-bond acceptors (Lipinski definition) is 6. The van der Waals surface area contributed by atoms with E-state index in [1.54, 1.807) is 23.5 Å². The number of nitrogens with zero attached hydrogens (tertiary/aromatic N) is 2. The molecule has 30 heavy (non-hydrogen) atoms. The Balaban J connectivity index is 1.40. The Kier molecular flexibility index (Phi) is 4.91. The van der Waals surface area contributed by atoms with Gasteiger partial charge in [0.05, 0.1) is 22.4 Å². The molecular formula is C21H20ClN3O4S. The van der Waals surface area contributed by atoms with Crippen LogP contribution < -0.4 is 20.3 Å². The highest BCUT2D eigenvalue weighted by molar-refractivity contribution is 7.18. The van der Waals surface area contributed by atoms with Gasteiger partial charge in [0, 0.05) is 17.0 Å². The highest BCUT2D eigenvalue weighted by Crippen LogP contribution is 2.38. The average molecular weight is 446 g/mol. The summed E-state index contributed by atoms with van der Waals surface area (Å²) in [6.45, 7) is 2.98. The van der Waals surface area contributed by atoms with Crippen molar-refractivity contribution in [1.82, 2.24) is 9.55 Å². The third-order valence-corrected chi connectivity index (χ3v) is 6.98. The summed E-state index contributed by atoms with van der Waals surface area (Å²) in [5.74, 6) is 1.33. The molecule has 0 spiro atoms. The van der Waals surface area contributed by atoms with Crippen molar-refractivity contribution in [3.8, 4) is 11.5 Å². The summed E-state index contributed by atoms with van der Waals surface area (Å²) in [5.41, 5.74) is 1.35. The Morgan fingerprint density at radius 3 is 2.90 bits per heavy atom. The molecule has 2 aliphatic rings. The van der Waals surface area contributed by atoms with Crippen molar-refractivity contribution in [1.29, 1.82) is 0 Å². The molecule has 0 saturated heterocycles. The molecule has 9 heteroatoms. The normalized spacial score (nSPS) is 17.6. The molecule has 0 saturated carbocycles. The molecule has 0 bridgehead atoms. The second-order valence-electron chi connectivity index (χ2n) is 7.73. The molecule has 3 aromatic rings. The van der Waals surface area contributed by atoms with Crippen molar-refractivity contribution in [2.24, 2.45) is 5.92 Å². The van der Waals surface area contributed by atoms with E-state index in [4.69, 9.17) is 21.1 Å². The van der Waals surface area contributed by atoms with E-state index in [0.29, 0.717) is 46.7 Å². The molecule has 1 aliphatic heterocycles. The molecule has 5 rings (SSSR count). The van der Waals surface area contributed by atoms with E-state index in [0.717, 1.165) is 29.7 Å². The van der Waals surface area contributed by atoms with E-state index in [1.807, 2.05) is 0 Å². The molecule has 1 atom stereocenters. The number of hydrogen-bond donors (Lipinski definition) is 1.